The molecule has 12 heavy (non-hydrogen) atoms. The highest BCUT2D eigenvalue weighted by atomic mass is 16.3. The average Bonchev–Trinajstić information content (AvgIpc) is 2.47. The van der Waals surface area contributed by atoms with Gasteiger partial charge in [-0.2, -0.15) is 0 Å². The van der Waals surface area contributed by atoms with E-state index in [1.807, 2.05) is 0 Å². The van der Waals surface area contributed by atoms with E-state index in [-0.39, 0.29) is 12.6 Å². The molecule has 2 unspecified atom stereocenters. The maximum absolute atomic E-state index is 8.74. The van der Waals surface area contributed by atoms with Crippen molar-refractivity contribution in [3.8, 4) is 0 Å². The molecule has 0 radical (unpaired) electrons. The maximum Gasteiger partial charge on any atom is 0.0582 e. The minimum absolute atomic E-state index is 0.0148. The monoisotopic (exact) mass is 172 g/mol. The zero-order valence-corrected chi connectivity index (χ0v) is 7.87. The highest BCUT2D eigenvalue weighted by Gasteiger charge is 2.20. The SMILES string of the molecule is CN1CCCC1CCC(N)CO. The zero-order chi connectivity index (χ0) is 8.97. The fraction of sp³-hybridized carbons (Fsp3) is 1.00. The molecule has 0 bridgehead atoms. The van der Waals surface area contributed by atoms with Crippen molar-refractivity contribution in [3.63, 3.8) is 0 Å². The van der Waals surface area contributed by atoms with Crippen molar-refractivity contribution < 1.29 is 5.11 Å². The van der Waals surface area contributed by atoms with Crippen molar-refractivity contribution in [2.24, 2.45) is 5.73 Å². The van der Waals surface area contributed by atoms with Gasteiger partial charge in [0, 0.05) is 12.1 Å². The van der Waals surface area contributed by atoms with Crippen molar-refractivity contribution >= 4 is 0 Å². The summed E-state index contributed by atoms with van der Waals surface area (Å²) in [7, 11) is 2.17. The quantitative estimate of drug-likeness (QED) is 0.636. The number of aliphatic hydroxyl groups excluding tert-OH is 1. The summed E-state index contributed by atoms with van der Waals surface area (Å²) in [5, 5.41) is 8.74. The van der Waals surface area contributed by atoms with E-state index in [0.717, 1.165) is 12.8 Å². The predicted octanol–water partition coefficient (Wildman–Crippen LogP) is 0.180. The van der Waals surface area contributed by atoms with Gasteiger partial charge in [0.1, 0.15) is 0 Å². The first-order valence-corrected chi connectivity index (χ1v) is 4.80. The number of aliphatic hydroxyl groups is 1. The van der Waals surface area contributed by atoms with Gasteiger partial charge in [-0.25, -0.2) is 0 Å². The first-order chi connectivity index (χ1) is 5.74. The molecule has 1 heterocycles. The molecule has 1 fully saturated rings. The summed E-state index contributed by atoms with van der Waals surface area (Å²) < 4.78 is 0. The van der Waals surface area contributed by atoms with Crippen LogP contribution in [0.4, 0.5) is 0 Å². The van der Waals surface area contributed by atoms with Crippen LogP contribution in [0.15, 0.2) is 0 Å². The van der Waals surface area contributed by atoms with E-state index in [2.05, 4.69) is 11.9 Å². The third-order valence-electron chi connectivity index (χ3n) is 2.78. The third-order valence-corrected chi connectivity index (χ3v) is 2.78. The largest absolute Gasteiger partial charge is 0.395 e. The Morgan fingerprint density at radius 1 is 1.67 bits per heavy atom. The zero-order valence-electron chi connectivity index (χ0n) is 7.87. The topological polar surface area (TPSA) is 49.5 Å². The normalized spacial score (nSPS) is 27.8. The van der Waals surface area contributed by atoms with Gasteiger partial charge < -0.3 is 15.7 Å². The van der Waals surface area contributed by atoms with E-state index in [4.69, 9.17) is 10.8 Å². The molecule has 2 atom stereocenters. The maximum atomic E-state index is 8.74. The van der Waals surface area contributed by atoms with E-state index in [1.165, 1.54) is 19.4 Å². The van der Waals surface area contributed by atoms with Crippen LogP contribution in [-0.4, -0.2) is 42.3 Å². The van der Waals surface area contributed by atoms with Gasteiger partial charge in [-0.1, -0.05) is 0 Å². The first kappa shape index (κ1) is 9.96. The standard InChI is InChI=1S/C9H20N2O/c1-11-6-2-3-9(11)5-4-8(10)7-12/h8-9,12H,2-7,10H2,1H3. The number of likely N-dealkylation sites (tertiary alicyclic amines) is 1. The first-order valence-electron chi connectivity index (χ1n) is 4.80. The number of hydrogen-bond donors (Lipinski definition) is 2. The number of nitrogens with two attached hydrogens (primary N) is 1. The molecule has 3 nitrogen and oxygen atoms in total. The molecule has 1 aliphatic heterocycles. The molecule has 0 aliphatic carbocycles. The van der Waals surface area contributed by atoms with Gasteiger partial charge in [-0.05, 0) is 39.3 Å². The van der Waals surface area contributed by atoms with Crippen LogP contribution in [0.5, 0.6) is 0 Å². The Morgan fingerprint density at radius 2 is 2.42 bits per heavy atom. The second-order valence-electron chi connectivity index (χ2n) is 3.80. The second-order valence-corrected chi connectivity index (χ2v) is 3.80. The molecular weight excluding hydrogens is 152 g/mol. The van der Waals surface area contributed by atoms with Gasteiger partial charge in [-0.3, -0.25) is 0 Å². The van der Waals surface area contributed by atoms with Crippen LogP contribution in [0.1, 0.15) is 25.7 Å². The van der Waals surface area contributed by atoms with Crippen LogP contribution in [0, 0.1) is 0 Å². The van der Waals surface area contributed by atoms with Gasteiger partial charge in [0.15, 0.2) is 0 Å². The van der Waals surface area contributed by atoms with Crippen LogP contribution < -0.4 is 5.73 Å². The van der Waals surface area contributed by atoms with Crippen LogP contribution >= 0.6 is 0 Å². The number of nitrogens with zero attached hydrogens (tertiary/aromatic N) is 1. The van der Waals surface area contributed by atoms with Gasteiger partial charge in [0.2, 0.25) is 0 Å². The average molecular weight is 172 g/mol. The molecular formula is C9H20N2O. The number of hydrogen-bond acceptors (Lipinski definition) is 3. The Morgan fingerprint density at radius 3 is 2.92 bits per heavy atom. The summed E-state index contributed by atoms with van der Waals surface area (Å²) in [4.78, 5) is 2.39. The summed E-state index contributed by atoms with van der Waals surface area (Å²) >= 11 is 0. The molecule has 72 valence electrons. The highest BCUT2D eigenvalue weighted by molar-refractivity contribution is 4.77. The van der Waals surface area contributed by atoms with Gasteiger partial charge in [0.25, 0.3) is 0 Å². The Balaban J connectivity index is 2.13. The number of rotatable bonds is 4. The lowest BCUT2D eigenvalue weighted by Crippen LogP contribution is -2.30. The van der Waals surface area contributed by atoms with Crippen molar-refractivity contribution in [1.29, 1.82) is 0 Å². The summed E-state index contributed by atoms with van der Waals surface area (Å²) in [5.74, 6) is 0. The minimum atomic E-state index is -0.0148. The van der Waals surface area contributed by atoms with Crippen LogP contribution in [0.25, 0.3) is 0 Å². The Kier molecular flexibility index (Phi) is 3.98. The summed E-state index contributed by atoms with van der Waals surface area (Å²) in [6.45, 7) is 1.34. The van der Waals surface area contributed by atoms with Gasteiger partial charge in [-0.15, -0.1) is 0 Å². The summed E-state index contributed by atoms with van der Waals surface area (Å²) in [6.07, 6.45) is 4.70. The van der Waals surface area contributed by atoms with E-state index >= 15 is 0 Å². The van der Waals surface area contributed by atoms with E-state index in [1.54, 1.807) is 0 Å². The van der Waals surface area contributed by atoms with Gasteiger partial charge in [0.05, 0.1) is 6.61 Å². The Labute approximate surface area is 74.5 Å². The van der Waals surface area contributed by atoms with Crippen molar-refractivity contribution in [3.05, 3.63) is 0 Å². The second kappa shape index (κ2) is 4.80. The molecule has 0 spiro atoms. The molecule has 0 aromatic carbocycles. The lowest BCUT2D eigenvalue weighted by Gasteiger charge is -2.20. The Bertz CT molecular complexity index is 130. The van der Waals surface area contributed by atoms with Crippen molar-refractivity contribution in [2.45, 2.75) is 37.8 Å². The minimum Gasteiger partial charge on any atom is -0.395 e. The molecule has 0 aromatic heterocycles. The fourth-order valence-electron chi connectivity index (χ4n) is 1.84. The molecule has 3 heteroatoms. The van der Waals surface area contributed by atoms with Crippen molar-refractivity contribution in [1.82, 2.24) is 4.90 Å². The van der Waals surface area contributed by atoms with Crippen LogP contribution in [0.2, 0.25) is 0 Å². The summed E-state index contributed by atoms with van der Waals surface area (Å²) in [5.41, 5.74) is 5.63. The molecule has 1 saturated heterocycles. The van der Waals surface area contributed by atoms with E-state index < -0.39 is 0 Å². The smallest absolute Gasteiger partial charge is 0.0582 e. The van der Waals surface area contributed by atoms with Crippen molar-refractivity contribution in [2.75, 3.05) is 20.2 Å². The van der Waals surface area contributed by atoms with E-state index in [0.29, 0.717) is 6.04 Å². The molecule has 0 aromatic rings. The van der Waals surface area contributed by atoms with Gasteiger partial charge >= 0.3 is 0 Å². The summed E-state index contributed by atoms with van der Waals surface area (Å²) in [6, 6.07) is 0.696. The van der Waals surface area contributed by atoms with E-state index in [9.17, 15) is 0 Å². The highest BCUT2D eigenvalue weighted by Crippen LogP contribution is 2.19. The molecule has 0 amide bonds. The fourth-order valence-corrected chi connectivity index (χ4v) is 1.84. The molecule has 0 saturated carbocycles. The lowest BCUT2D eigenvalue weighted by molar-refractivity contribution is 0.238. The van der Waals surface area contributed by atoms with Crippen LogP contribution in [-0.2, 0) is 0 Å². The Hall–Kier alpha value is -0.120. The lowest BCUT2D eigenvalue weighted by atomic mass is 10.1. The molecule has 3 N–H and O–H groups in total. The predicted molar refractivity (Wildman–Crippen MR) is 49.9 cm³/mol. The molecule has 1 rings (SSSR count). The third kappa shape index (κ3) is 2.73. The van der Waals surface area contributed by atoms with Crippen LogP contribution in [0.3, 0.4) is 0 Å². The molecule has 1 aliphatic rings.